The predicted octanol–water partition coefficient (Wildman–Crippen LogP) is 2.14. The Bertz CT molecular complexity index is 102. The van der Waals surface area contributed by atoms with Crippen molar-refractivity contribution in [1.82, 2.24) is 5.32 Å². The van der Waals surface area contributed by atoms with Crippen molar-refractivity contribution < 1.29 is 0 Å². The molecule has 0 fully saturated rings. The maximum absolute atomic E-state index is 5.89. The summed E-state index contributed by atoms with van der Waals surface area (Å²) in [6, 6.07) is 0.311. The fourth-order valence-electron chi connectivity index (χ4n) is 1.18. The van der Waals surface area contributed by atoms with Crippen LogP contribution < -0.4 is 11.1 Å². The number of nitrogens with two attached hydrogens (primary N) is 1. The van der Waals surface area contributed by atoms with Crippen LogP contribution in [-0.2, 0) is 0 Å². The van der Waals surface area contributed by atoms with Crippen LogP contribution in [-0.4, -0.2) is 19.1 Å². The molecule has 2 heteroatoms. The summed E-state index contributed by atoms with van der Waals surface area (Å²) in [7, 11) is 0. The van der Waals surface area contributed by atoms with E-state index in [1.54, 1.807) is 0 Å². The molecule has 0 heterocycles. The highest BCUT2D eigenvalue weighted by Crippen LogP contribution is 1.98. The molecule has 13 heavy (non-hydrogen) atoms. The van der Waals surface area contributed by atoms with Gasteiger partial charge in [0.15, 0.2) is 0 Å². The van der Waals surface area contributed by atoms with Gasteiger partial charge in [0, 0.05) is 12.6 Å². The molecular weight excluding hydrogens is 160 g/mol. The quantitative estimate of drug-likeness (QED) is 0.570. The second-order valence-corrected chi connectivity index (χ2v) is 4.17. The largest absolute Gasteiger partial charge is 0.326 e. The van der Waals surface area contributed by atoms with Gasteiger partial charge in [0.2, 0.25) is 0 Å². The number of nitrogens with one attached hydrogen (secondary N) is 1. The van der Waals surface area contributed by atoms with E-state index in [2.05, 4.69) is 26.1 Å². The Kier molecular flexibility index (Phi) is 8.46. The lowest BCUT2D eigenvalue weighted by molar-refractivity contribution is 0.453. The van der Waals surface area contributed by atoms with E-state index in [1.165, 1.54) is 25.7 Å². The first-order chi connectivity index (χ1) is 6.18. The van der Waals surface area contributed by atoms with Gasteiger partial charge in [0.25, 0.3) is 0 Å². The third-order valence-electron chi connectivity index (χ3n) is 2.44. The third kappa shape index (κ3) is 8.26. The molecule has 3 N–H and O–H groups in total. The zero-order valence-electron chi connectivity index (χ0n) is 9.47. The average Bonchev–Trinajstić information content (AvgIpc) is 2.10. The molecule has 0 aliphatic heterocycles. The summed E-state index contributed by atoms with van der Waals surface area (Å²) < 4.78 is 0. The molecular formula is C11H26N2. The molecule has 0 radical (unpaired) electrons. The summed E-state index contributed by atoms with van der Waals surface area (Å²) in [5.74, 6) is 0.586. The van der Waals surface area contributed by atoms with Crippen LogP contribution >= 0.6 is 0 Å². The molecule has 0 amide bonds. The second kappa shape index (κ2) is 8.52. The minimum atomic E-state index is 0.311. The monoisotopic (exact) mass is 186 g/mol. The summed E-state index contributed by atoms with van der Waals surface area (Å²) in [6.07, 6.45) is 5.31. The first-order valence-corrected chi connectivity index (χ1v) is 5.64. The Morgan fingerprint density at radius 3 is 2.38 bits per heavy atom. The van der Waals surface area contributed by atoms with Gasteiger partial charge in [-0.3, -0.25) is 0 Å². The van der Waals surface area contributed by atoms with E-state index in [4.69, 9.17) is 5.73 Å². The van der Waals surface area contributed by atoms with Crippen LogP contribution in [0.15, 0.2) is 0 Å². The molecule has 1 unspecified atom stereocenters. The van der Waals surface area contributed by atoms with Gasteiger partial charge in [0.05, 0.1) is 0 Å². The Labute approximate surface area is 83.3 Å². The number of hydrogen-bond acceptors (Lipinski definition) is 2. The molecule has 0 aromatic heterocycles. The molecule has 0 rings (SSSR count). The van der Waals surface area contributed by atoms with Crippen LogP contribution in [0, 0.1) is 5.92 Å². The molecule has 2 nitrogen and oxygen atoms in total. The van der Waals surface area contributed by atoms with Crippen molar-refractivity contribution in [2.45, 2.75) is 52.5 Å². The van der Waals surface area contributed by atoms with E-state index in [9.17, 15) is 0 Å². The molecule has 0 bridgehead atoms. The summed E-state index contributed by atoms with van der Waals surface area (Å²) >= 11 is 0. The molecule has 0 spiro atoms. The van der Waals surface area contributed by atoms with Crippen molar-refractivity contribution >= 4 is 0 Å². The molecule has 0 aromatic rings. The fraction of sp³-hybridized carbons (Fsp3) is 1.00. The Morgan fingerprint density at radius 2 is 1.85 bits per heavy atom. The number of rotatable bonds is 8. The molecule has 0 aromatic carbocycles. The SMILES string of the molecule is CCCCCCNCC(N)C(C)C. The molecule has 0 saturated carbocycles. The van der Waals surface area contributed by atoms with Crippen LogP contribution in [0.1, 0.15) is 46.5 Å². The first kappa shape index (κ1) is 12.9. The summed E-state index contributed by atoms with van der Waals surface area (Å²) in [6.45, 7) is 8.67. The smallest absolute Gasteiger partial charge is 0.0188 e. The number of unbranched alkanes of at least 4 members (excludes halogenated alkanes) is 3. The summed E-state index contributed by atoms with van der Waals surface area (Å²) in [4.78, 5) is 0. The second-order valence-electron chi connectivity index (χ2n) is 4.17. The van der Waals surface area contributed by atoms with Gasteiger partial charge in [0.1, 0.15) is 0 Å². The molecule has 80 valence electrons. The van der Waals surface area contributed by atoms with Crippen LogP contribution in [0.4, 0.5) is 0 Å². The Hall–Kier alpha value is -0.0800. The minimum Gasteiger partial charge on any atom is -0.326 e. The van der Waals surface area contributed by atoms with Crippen molar-refractivity contribution in [3.05, 3.63) is 0 Å². The van der Waals surface area contributed by atoms with Gasteiger partial charge >= 0.3 is 0 Å². The van der Waals surface area contributed by atoms with Crippen LogP contribution in [0.3, 0.4) is 0 Å². The van der Waals surface area contributed by atoms with E-state index in [-0.39, 0.29) is 0 Å². The molecule has 0 aliphatic rings. The van der Waals surface area contributed by atoms with E-state index < -0.39 is 0 Å². The van der Waals surface area contributed by atoms with Crippen LogP contribution in [0.5, 0.6) is 0 Å². The van der Waals surface area contributed by atoms with Crippen LogP contribution in [0.2, 0.25) is 0 Å². The predicted molar refractivity (Wildman–Crippen MR) is 59.8 cm³/mol. The highest BCUT2D eigenvalue weighted by atomic mass is 14.9. The highest BCUT2D eigenvalue weighted by Gasteiger charge is 2.05. The van der Waals surface area contributed by atoms with Crippen LogP contribution in [0.25, 0.3) is 0 Å². The van der Waals surface area contributed by atoms with Gasteiger partial charge < -0.3 is 11.1 Å². The maximum atomic E-state index is 5.89. The average molecular weight is 186 g/mol. The molecule has 1 atom stereocenters. The zero-order valence-corrected chi connectivity index (χ0v) is 9.47. The van der Waals surface area contributed by atoms with Gasteiger partial charge in [-0.2, -0.15) is 0 Å². The van der Waals surface area contributed by atoms with Gasteiger partial charge in [-0.1, -0.05) is 40.0 Å². The summed E-state index contributed by atoms with van der Waals surface area (Å²) in [5, 5.41) is 3.40. The zero-order chi connectivity index (χ0) is 10.1. The van der Waals surface area contributed by atoms with Crippen molar-refractivity contribution in [2.24, 2.45) is 11.7 Å². The van der Waals surface area contributed by atoms with Crippen molar-refractivity contribution in [1.29, 1.82) is 0 Å². The molecule has 0 saturated heterocycles. The van der Waals surface area contributed by atoms with E-state index in [1.807, 2.05) is 0 Å². The highest BCUT2D eigenvalue weighted by molar-refractivity contribution is 4.67. The Morgan fingerprint density at radius 1 is 1.15 bits per heavy atom. The topological polar surface area (TPSA) is 38.0 Å². The van der Waals surface area contributed by atoms with Gasteiger partial charge in [-0.15, -0.1) is 0 Å². The van der Waals surface area contributed by atoms with Crippen molar-refractivity contribution in [3.63, 3.8) is 0 Å². The van der Waals surface area contributed by atoms with Gasteiger partial charge in [-0.05, 0) is 18.9 Å². The van der Waals surface area contributed by atoms with Gasteiger partial charge in [-0.25, -0.2) is 0 Å². The van der Waals surface area contributed by atoms with Crippen molar-refractivity contribution in [3.8, 4) is 0 Å². The van der Waals surface area contributed by atoms with E-state index in [0.717, 1.165) is 13.1 Å². The fourth-order valence-corrected chi connectivity index (χ4v) is 1.18. The third-order valence-corrected chi connectivity index (χ3v) is 2.44. The standard InChI is InChI=1S/C11H26N2/c1-4-5-6-7-8-13-9-11(12)10(2)3/h10-11,13H,4-9,12H2,1-3H3. The maximum Gasteiger partial charge on any atom is 0.0188 e. The van der Waals surface area contributed by atoms with Crippen molar-refractivity contribution in [2.75, 3.05) is 13.1 Å². The minimum absolute atomic E-state index is 0.311. The lowest BCUT2D eigenvalue weighted by Crippen LogP contribution is -2.38. The van der Waals surface area contributed by atoms with E-state index in [0.29, 0.717) is 12.0 Å². The number of hydrogen-bond donors (Lipinski definition) is 2. The lowest BCUT2D eigenvalue weighted by atomic mass is 10.1. The van der Waals surface area contributed by atoms with E-state index >= 15 is 0 Å². The Balaban J connectivity index is 3.07. The lowest BCUT2D eigenvalue weighted by Gasteiger charge is -2.15. The normalized spacial score (nSPS) is 13.6. The summed E-state index contributed by atoms with van der Waals surface area (Å²) in [5.41, 5.74) is 5.89. The molecule has 0 aliphatic carbocycles. The first-order valence-electron chi connectivity index (χ1n) is 5.64.